The monoisotopic (exact) mass is 584 g/mol. The number of carbonyl (C=O) groups excluding carboxylic acids is 2. The van der Waals surface area contributed by atoms with Crippen LogP contribution in [0.3, 0.4) is 0 Å². The van der Waals surface area contributed by atoms with E-state index >= 15 is 0 Å². The fourth-order valence-electron chi connectivity index (χ4n) is 5.20. The molecule has 4 aromatic heterocycles. The number of benzene rings is 1. The largest absolute Gasteiger partial charge is 0.444 e. The summed E-state index contributed by atoms with van der Waals surface area (Å²) in [7, 11) is 0. The van der Waals surface area contributed by atoms with E-state index in [1.807, 2.05) is 45.2 Å². The molecule has 11 nitrogen and oxygen atoms in total. The van der Waals surface area contributed by atoms with Crippen molar-refractivity contribution in [2.24, 2.45) is 0 Å². The highest BCUT2D eigenvalue weighted by Crippen LogP contribution is 2.26. The number of aromatic nitrogens is 5. The lowest BCUT2D eigenvalue weighted by Crippen LogP contribution is -2.51. The third-order valence-electron chi connectivity index (χ3n) is 7.31. The van der Waals surface area contributed by atoms with Crippen molar-refractivity contribution in [3.05, 3.63) is 78.1 Å². The van der Waals surface area contributed by atoms with Crippen LogP contribution in [0.2, 0.25) is 0 Å². The van der Waals surface area contributed by atoms with Crippen LogP contribution in [0.4, 0.5) is 15.1 Å². The van der Waals surface area contributed by atoms with E-state index in [4.69, 9.17) is 9.72 Å². The van der Waals surface area contributed by atoms with Gasteiger partial charge in [0.15, 0.2) is 0 Å². The number of halogens is 1. The summed E-state index contributed by atoms with van der Waals surface area (Å²) in [5, 5.41) is 9.02. The van der Waals surface area contributed by atoms with E-state index in [-0.39, 0.29) is 5.91 Å². The topological polar surface area (TPSA) is 121 Å². The van der Waals surface area contributed by atoms with Gasteiger partial charge in [0.05, 0.1) is 29.2 Å². The number of piperazine rings is 1. The van der Waals surface area contributed by atoms with Crippen molar-refractivity contribution in [1.82, 2.24) is 34.4 Å². The SMILES string of the molecule is CC(C)(C)OC(=O)N1CCN(C(=O)c2cnn3c(NCCc4c[nH]c5ccccc45)nc(-c4cncc(F)c4)cc23)CC1. The molecule has 1 aliphatic rings. The minimum Gasteiger partial charge on any atom is -0.444 e. The lowest BCUT2D eigenvalue weighted by atomic mass is 10.1. The molecule has 6 rings (SSSR count). The number of carbonyl (C=O) groups is 2. The van der Waals surface area contributed by atoms with Crippen LogP contribution in [0, 0.1) is 5.82 Å². The summed E-state index contributed by atoms with van der Waals surface area (Å²) in [5.41, 5.74) is 3.49. The number of H-pyrrole nitrogens is 1. The van der Waals surface area contributed by atoms with E-state index in [1.165, 1.54) is 18.5 Å². The van der Waals surface area contributed by atoms with E-state index in [0.717, 1.165) is 22.7 Å². The molecule has 2 amide bonds. The zero-order chi connectivity index (χ0) is 30.1. The molecule has 1 saturated heterocycles. The second-order valence-corrected chi connectivity index (χ2v) is 11.5. The first-order chi connectivity index (χ1) is 20.7. The molecule has 2 N–H and O–H groups in total. The number of pyridine rings is 1. The molecule has 0 radical (unpaired) electrons. The first kappa shape index (κ1) is 28.1. The number of rotatable bonds is 6. The molecule has 222 valence electrons. The van der Waals surface area contributed by atoms with Crippen LogP contribution in [-0.4, -0.2) is 84.7 Å². The molecule has 1 aliphatic heterocycles. The van der Waals surface area contributed by atoms with Gasteiger partial charge in [0, 0.05) is 61.6 Å². The van der Waals surface area contributed by atoms with Gasteiger partial charge in [0.2, 0.25) is 5.95 Å². The average Bonchev–Trinajstić information content (AvgIpc) is 3.60. The number of nitrogens with one attached hydrogen (secondary N) is 2. The molecule has 1 fully saturated rings. The van der Waals surface area contributed by atoms with Crippen molar-refractivity contribution >= 4 is 34.4 Å². The Morgan fingerprint density at radius 2 is 1.81 bits per heavy atom. The van der Waals surface area contributed by atoms with E-state index in [2.05, 4.69) is 26.4 Å². The van der Waals surface area contributed by atoms with Crippen molar-refractivity contribution in [1.29, 1.82) is 0 Å². The van der Waals surface area contributed by atoms with Crippen molar-refractivity contribution in [2.75, 3.05) is 38.0 Å². The molecule has 0 bridgehead atoms. The molecule has 0 spiro atoms. The van der Waals surface area contributed by atoms with Crippen LogP contribution in [0.15, 0.2) is 61.2 Å². The van der Waals surface area contributed by atoms with Crippen LogP contribution in [0.5, 0.6) is 0 Å². The second kappa shape index (κ2) is 11.3. The van der Waals surface area contributed by atoms with Crippen LogP contribution in [0.25, 0.3) is 27.7 Å². The van der Waals surface area contributed by atoms with E-state index in [9.17, 15) is 14.0 Å². The average molecular weight is 585 g/mol. The number of hydrogen-bond acceptors (Lipinski definition) is 7. The molecule has 0 atom stereocenters. The fourth-order valence-corrected chi connectivity index (χ4v) is 5.20. The predicted molar refractivity (Wildman–Crippen MR) is 160 cm³/mol. The van der Waals surface area contributed by atoms with Crippen LogP contribution >= 0.6 is 0 Å². The van der Waals surface area contributed by atoms with Crippen molar-refractivity contribution in [2.45, 2.75) is 32.8 Å². The van der Waals surface area contributed by atoms with Crippen LogP contribution in [-0.2, 0) is 11.2 Å². The summed E-state index contributed by atoms with van der Waals surface area (Å²) in [6, 6.07) is 11.2. The number of ether oxygens (including phenoxy) is 1. The Morgan fingerprint density at radius 1 is 1.05 bits per heavy atom. The van der Waals surface area contributed by atoms with E-state index in [0.29, 0.717) is 67.4 Å². The zero-order valence-corrected chi connectivity index (χ0v) is 24.3. The minimum atomic E-state index is -0.592. The smallest absolute Gasteiger partial charge is 0.410 e. The molecular weight excluding hydrogens is 551 g/mol. The number of nitrogens with zero attached hydrogens (tertiary/aromatic N) is 6. The first-order valence-corrected chi connectivity index (χ1v) is 14.2. The van der Waals surface area contributed by atoms with Gasteiger partial charge in [-0.25, -0.2) is 14.2 Å². The van der Waals surface area contributed by atoms with E-state index in [1.54, 1.807) is 20.4 Å². The Labute approximate surface area is 247 Å². The molecule has 5 heterocycles. The third-order valence-corrected chi connectivity index (χ3v) is 7.31. The first-order valence-electron chi connectivity index (χ1n) is 14.2. The van der Waals surface area contributed by atoms with Gasteiger partial charge in [-0.05, 0) is 51.0 Å². The number of amides is 2. The number of aromatic amines is 1. The predicted octanol–water partition coefficient (Wildman–Crippen LogP) is 4.76. The van der Waals surface area contributed by atoms with Crippen LogP contribution < -0.4 is 5.32 Å². The van der Waals surface area contributed by atoms with Gasteiger partial charge >= 0.3 is 6.09 Å². The molecule has 0 unspecified atom stereocenters. The van der Waals surface area contributed by atoms with Crippen LogP contribution in [0.1, 0.15) is 36.7 Å². The minimum absolute atomic E-state index is 0.210. The quantitative estimate of drug-likeness (QED) is 0.295. The molecule has 12 heteroatoms. The number of para-hydroxylation sites is 1. The normalized spacial score (nSPS) is 14.0. The maximum atomic E-state index is 14.1. The van der Waals surface area contributed by atoms with Gasteiger partial charge in [-0.1, -0.05) is 18.2 Å². The highest BCUT2D eigenvalue weighted by molar-refractivity contribution is 6.01. The van der Waals surface area contributed by atoms with Gasteiger partial charge in [-0.15, -0.1) is 0 Å². The summed E-state index contributed by atoms with van der Waals surface area (Å²) in [4.78, 5) is 41.5. The maximum absolute atomic E-state index is 14.1. The van der Waals surface area contributed by atoms with Gasteiger partial charge in [0.25, 0.3) is 5.91 Å². The van der Waals surface area contributed by atoms with Crippen molar-refractivity contribution < 1.29 is 18.7 Å². The molecule has 0 aliphatic carbocycles. The lowest BCUT2D eigenvalue weighted by Gasteiger charge is -2.35. The number of fused-ring (bicyclic) bond motifs is 2. The van der Waals surface area contributed by atoms with Crippen molar-refractivity contribution in [3.8, 4) is 11.3 Å². The Morgan fingerprint density at radius 3 is 2.58 bits per heavy atom. The lowest BCUT2D eigenvalue weighted by molar-refractivity contribution is 0.0141. The van der Waals surface area contributed by atoms with E-state index < -0.39 is 17.5 Å². The molecule has 1 aromatic carbocycles. The highest BCUT2D eigenvalue weighted by Gasteiger charge is 2.29. The molecule has 43 heavy (non-hydrogen) atoms. The Bertz CT molecular complexity index is 1800. The number of anilines is 1. The Kier molecular flexibility index (Phi) is 7.43. The summed E-state index contributed by atoms with van der Waals surface area (Å²) >= 11 is 0. The summed E-state index contributed by atoms with van der Waals surface area (Å²) in [5.74, 6) is -0.274. The maximum Gasteiger partial charge on any atom is 0.410 e. The van der Waals surface area contributed by atoms with Crippen molar-refractivity contribution in [3.63, 3.8) is 0 Å². The summed E-state index contributed by atoms with van der Waals surface area (Å²) in [6.07, 6.45) is 6.51. The summed E-state index contributed by atoms with van der Waals surface area (Å²) in [6.45, 7) is 7.46. The Balaban J connectivity index is 1.25. The van der Waals surface area contributed by atoms with Gasteiger partial charge in [-0.3, -0.25) is 9.78 Å². The Hall–Kier alpha value is -5.00. The number of hydrogen-bond donors (Lipinski definition) is 2. The fraction of sp³-hybridized carbons (Fsp3) is 0.323. The highest BCUT2D eigenvalue weighted by atomic mass is 19.1. The second-order valence-electron chi connectivity index (χ2n) is 11.5. The summed E-state index contributed by atoms with van der Waals surface area (Å²) < 4.78 is 21.2. The standard InChI is InChI=1S/C31H33FN8O3/c1-31(2,3)43-30(42)39-12-10-38(11-13-39)28(41)24-19-36-40-27(24)15-26(21-14-22(32)18-33-16-21)37-29(40)34-9-8-20-17-35-25-7-5-4-6-23(20)25/h4-7,14-19,35H,8-13H2,1-3H3,(H,34,37). The molecule has 5 aromatic rings. The van der Waals surface area contributed by atoms with Gasteiger partial charge < -0.3 is 24.8 Å². The van der Waals surface area contributed by atoms with Gasteiger partial charge in [-0.2, -0.15) is 9.61 Å². The molecule has 0 saturated carbocycles. The zero-order valence-electron chi connectivity index (χ0n) is 24.3. The van der Waals surface area contributed by atoms with Gasteiger partial charge in [0.1, 0.15) is 11.4 Å². The molecular formula is C31H33FN8O3. The third kappa shape index (κ3) is 5.99.